The van der Waals surface area contributed by atoms with Gasteiger partial charge in [0.2, 0.25) is 5.79 Å². The lowest BCUT2D eigenvalue weighted by Gasteiger charge is -2.77. The van der Waals surface area contributed by atoms with E-state index in [9.17, 15) is 9.90 Å². The van der Waals surface area contributed by atoms with Gasteiger partial charge >= 0.3 is 0 Å². The summed E-state index contributed by atoms with van der Waals surface area (Å²) in [5.41, 5.74) is -0.254. The topological polar surface area (TPSA) is 83.5 Å². The first-order valence-corrected chi connectivity index (χ1v) is 14.0. The fourth-order valence-electron chi connectivity index (χ4n) is 9.94. The SMILES string of the molecule is C=C1C(=O)[C@@]23[C@@H]4OC(C)(C)OC25OC[C@]2(C6=C(CC[C@@H](OCCCl)O6)CC(C)(C)[C@H]2[C@@H]5O)[C@@H]3CC[C@@H]14. The van der Waals surface area contributed by atoms with Gasteiger partial charge in [-0.3, -0.25) is 4.79 Å². The lowest BCUT2D eigenvalue weighted by molar-refractivity contribution is -0.527. The predicted octanol–water partition coefficient (Wildman–Crippen LogP) is 4.07. The summed E-state index contributed by atoms with van der Waals surface area (Å²) in [7, 11) is 0. The summed E-state index contributed by atoms with van der Waals surface area (Å²) in [5, 5.41) is 12.4. The van der Waals surface area contributed by atoms with E-state index in [0.29, 0.717) is 24.7 Å². The Bertz CT molecular complexity index is 1080. The molecule has 0 aromatic rings. The number of hydrogen-bond acceptors (Lipinski definition) is 7. The number of rotatable bonds is 3. The van der Waals surface area contributed by atoms with E-state index < -0.39 is 40.9 Å². The van der Waals surface area contributed by atoms with Crippen molar-refractivity contribution in [3.63, 3.8) is 0 Å². The van der Waals surface area contributed by atoms with Gasteiger partial charge in [0.15, 0.2) is 17.9 Å². The zero-order chi connectivity index (χ0) is 25.5. The van der Waals surface area contributed by atoms with Crippen molar-refractivity contribution in [1.82, 2.24) is 0 Å². The molecule has 8 aliphatic rings. The van der Waals surface area contributed by atoms with Crippen LogP contribution in [-0.2, 0) is 28.5 Å². The van der Waals surface area contributed by atoms with Crippen LogP contribution in [0.3, 0.4) is 0 Å². The quantitative estimate of drug-likeness (QED) is 0.443. The van der Waals surface area contributed by atoms with Crippen LogP contribution in [0.1, 0.15) is 59.8 Å². The minimum atomic E-state index is -1.48. The molecule has 3 saturated carbocycles. The highest BCUT2D eigenvalue weighted by molar-refractivity contribution is 6.17. The molecular formula is C28H37ClO7. The van der Waals surface area contributed by atoms with Crippen molar-refractivity contribution in [2.75, 3.05) is 19.1 Å². The largest absolute Gasteiger partial charge is 0.469 e. The van der Waals surface area contributed by atoms with E-state index in [1.54, 1.807) is 0 Å². The highest BCUT2D eigenvalue weighted by Gasteiger charge is 2.90. The molecule has 4 heterocycles. The molecule has 0 amide bonds. The molecule has 1 unspecified atom stereocenters. The zero-order valence-corrected chi connectivity index (χ0v) is 22.4. The molecule has 0 aromatic carbocycles. The van der Waals surface area contributed by atoms with Crippen LogP contribution in [0.15, 0.2) is 23.5 Å². The van der Waals surface area contributed by atoms with Gasteiger partial charge in [-0.1, -0.05) is 20.4 Å². The van der Waals surface area contributed by atoms with Crippen LogP contribution in [0, 0.1) is 34.0 Å². The third-order valence-corrected chi connectivity index (χ3v) is 10.8. The number of fused-ring (bicyclic) bond motifs is 1. The Hall–Kier alpha value is -0.960. The molecule has 8 rings (SSSR count). The van der Waals surface area contributed by atoms with Crippen molar-refractivity contribution < 1.29 is 33.6 Å². The summed E-state index contributed by atoms with van der Waals surface area (Å²) in [6.07, 6.45) is 2.17. The summed E-state index contributed by atoms with van der Waals surface area (Å²) < 4.78 is 32.6. The maximum atomic E-state index is 14.3. The standard InChI is InChI=1S/C28H37ClO7/c1-14-16-7-8-17-26-13-33-28(27(17,20(14)30)23(16)35-25(4,5)36-28)21(31)19(26)24(2,3)12-15-6-9-18(32-11-10-29)34-22(15)26/h16-19,21,23,31H,1,6-13H2,2-5H3/t16-,17-,18-,19+,21-,23+,26-,27-,28?/m0/s1. The number of alkyl halides is 1. The number of ether oxygens (including phenoxy) is 5. The first kappa shape index (κ1) is 24.1. The van der Waals surface area contributed by atoms with Gasteiger partial charge in [0, 0.05) is 24.1 Å². The Morgan fingerprint density at radius 3 is 2.72 bits per heavy atom. The number of halogens is 1. The molecule has 4 aliphatic heterocycles. The summed E-state index contributed by atoms with van der Waals surface area (Å²) in [6.45, 7) is 13.1. The Balaban J connectivity index is 1.47. The highest BCUT2D eigenvalue weighted by atomic mass is 35.5. The first-order chi connectivity index (χ1) is 17.0. The average molecular weight is 521 g/mol. The summed E-state index contributed by atoms with van der Waals surface area (Å²) >= 11 is 5.91. The van der Waals surface area contributed by atoms with Crippen molar-refractivity contribution in [3.8, 4) is 0 Å². The van der Waals surface area contributed by atoms with Crippen molar-refractivity contribution in [3.05, 3.63) is 23.5 Å². The monoisotopic (exact) mass is 520 g/mol. The van der Waals surface area contributed by atoms with Gasteiger partial charge in [0.1, 0.15) is 17.3 Å². The van der Waals surface area contributed by atoms with E-state index >= 15 is 0 Å². The predicted molar refractivity (Wildman–Crippen MR) is 130 cm³/mol. The molecule has 36 heavy (non-hydrogen) atoms. The average Bonchev–Trinajstić information content (AvgIpc) is 2.93. The van der Waals surface area contributed by atoms with Gasteiger partial charge in [0.25, 0.3) is 0 Å². The van der Waals surface area contributed by atoms with E-state index in [1.165, 1.54) is 5.57 Å². The molecule has 6 fully saturated rings. The van der Waals surface area contributed by atoms with Crippen LogP contribution in [0.5, 0.6) is 0 Å². The summed E-state index contributed by atoms with van der Waals surface area (Å²) in [6, 6.07) is 0. The molecular weight excluding hydrogens is 484 g/mol. The molecule has 0 aromatic heterocycles. The lowest BCUT2D eigenvalue weighted by atomic mass is 9.36. The molecule has 9 atom stereocenters. The maximum Gasteiger partial charge on any atom is 0.213 e. The molecule has 4 bridgehead atoms. The fraction of sp³-hybridized carbons (Fsp3) is 0.821. The smallest absolute Gasteiger partial charge is 0.213 e. The number of carbonyl (C=O) groups excluding carboxylic acids is 1. The molecule has 8 heteroatoms. The van der Waals surface area contributed by atoms with Crippen LogP contribution in [0.25, 0.3) is 0 Å². The van der Waals surface area contributed by atoms with Crippen LogP contribution >= 0.6 is 11.6 Å². The molecule has 4 aliphatic carbocycles. The first-order valence-electron chi connectivity index (χ1n) is 13.5. The van der Waals surface area contributed by atoms with Crippen molar-refractivity contribution in [1.29, 1.82) is 0 Å². The number of allylic oxidation sites excluding steroid dienone is 1. The number of carbonyl (C=O) groups is 1. The Morgan fingerprint density at radius 1 is 1.19 bits per heavy atom. The number of aliphatic hydroxyl groups excluding tert-OH is 1. The maximum absolute atomic E-state index is 14.3. The molecule has 7 nitrogen and oxygen atoms in total. The summed E-state index contributed by atoms with van der Waals surface area (Å²) in [4.78, 5) is 14.3. The van der Waals surface area contributed by atoms with Crippen molar-refractivity contribution in [2.24, 2.45) is 34.0 Å². The minimum Gasteiger partial charge on any atom is -0.469 e. The Morgan fingerprint density at radius 2 is 1.97 bits per heavy atom. The molecule has 3 saturated heterocycles. The highest BCUT2D eigenvalue weighted by Crippen LogP contribution is 2.80. The Labute approximate surface area is 217 Å². The third kappa shape index (κ3) is 2.48. The Kier molecular flexibility index (Phi) is 4.79. The van der Waals surface area contributed by atoms with Crippen LogP contribution < -0.4 is 0 Å². The molecule has 198 valence electrons. The van der Waals surface area contributed by atoms with Gasteiger partial charge in [-0.15, -0.1) is 11.6 Å². The molecule has 0 radical (unpaired) electrons. The summed E-state index contributed by atoms with van der Waals surface area (Å²) in [5.74, 6) is -1.77. The van der Waals surface area contributed by atoms with Crippen LogP contribution in [0.2, 0.25) is 0 Å². The number of Topliss-reactive ketones (excluding diaryl/α,β-unsaturated/α-hetero) is 1. The van der Waals surface area contributed by atoms with E-state index in [2.05, 4.69) is 20.4 Å². The van der Waals surface area contributed by atoms with Gasteiger partial charge < -0.3 is 28.8 Å². The van der Waals surface area contributed by atoms with E-state index in [4.69, 9.17) is 35.3 Å². The number of ketones is 1. The van der Waals surface area contributed by atoms with Gasteiger partial charge in [-0.25, -0.2) is 0 Å². The normalized spacial score (nSPS) is 51.4. The zero-order valence-electron chi connectivity index (χ0n) is 21.6. The molecule has 1 N–H and O–H groups in total. The van der Waals surface area contributed by atoms with Crippen LogP contribution in [-0.4, -0.2) is 60.1 Å². The second-order valence-corrected chi connectivity index (χ2v) is 13.5. The third-order valence-electron chi connectivity index (χ3n) is 10.6. The minimum absolute atomic E-state index is 0.0663. The number of hydrogen-bond donors (Lipinski definition) is 1. The van der Waals surface area contributed by atoms with Crippen LogP contribution in [0.4, 0.5) is 0 Å². The van der Waals surface area contributed by atoms with E-state index in [1.807, 2.05) is 13.8 Å². The number of aliphatic hydroxyl groups is 1. The van der Waals surface area contributed by atoms with Gasteiger partial charge in [-0.05, 0) is 62.0 Å². The fourth-order valence-corrected chi connectivity index (χ4v) is 10.0. The van der Waals surface area contributed by atoms with E-state index in [0.717, 1.165) is 37.9 Å². The van der Waals surface area contributed by atoms with Gasteiger partial charge in [0.05, 0.1) is 24.7 Å². The van der Waals surface area contributed by atoms with Crippen molar-refractivity contribution in [2.45, 2.75) is 89.9 Å². The van der Waals surface area contributed by atoms with Crippen molar-refractivity contribution >= 4 is 17.4 Å². The van der Waals surface area contributed by atoms with E-state index in [-0.39, 0.29) is 29.0 Å². The second-order valence-electron chi connectivity index (χ2n) is 13.2. The lowest BCUT2D eigenvalue weighted by Crippen LogP contribution is -2.87. The molecule has 3 spiro atoms. The second kappa shape index (κ2) is 7.16. The van der Waals surface area contributed by atoms with Gasteiger partial charge in [-0.2, -0.15) is 0 Å².